The van der Waals surface area contributed by atoms with Crippen molar-refractivity contribution in [3.05, 3.63) is 29.5 Å². The van der Waals surface area contributed by atoms with Gasteiger partial charge in [0.2, 0.25) is 6.41 Å². The lowest BCUT2D eigenvalue weighted by atomic mass is 10.0. The summed E-state index contributed by atoms with van der Waals surface area (Å²) < 4.78 is 10.7. The Morgan fingerprint density at radius 1 is 1.37 bits per heavy atom. The van der Waals surface area contributed by atoms with E-state index in [-0.39, 0.29) is 0 Å². The van der Waals surface area contributed by atoms with E-state index in [1.807, 2.05) is 0 Å². The lowest BCUT2D eigenvalue weighted by Gasteiger charge is -2.09. The van der Waals surface area contributed by atoms with Gasteiger partial charge in [-0.15, -0.1) is 0 Å². The van der Waals surface area contributed by atoms with Crippen molar-refractivity contribution in [3.63, 3.8) is 0 Å². The highest BCUT2D eigenvalue weighted by Crippen LogP contribution is 2.32. The van der Waals surface area contributed by atoms with Crippen LogP contribution in [0.2, 0.25) is 0 Å². The molecule has 0 fully saturated rings. The summed E-state index contributed by atoms with van der Waals surface area (Å²) in [6.07, 6.45) is 3.79. The SMILES string of the molecule is COc1ccc(C=O)c2c(CCN(C)C=O)coc12. The van der Waals surface area contributed by atoms with Crippen LogP contribution in [0.3, 0.4) is 0 Å². The summed E-state index contributed by atoms with van der Waals surface area (Å²) in [5.74, 6) is 0.593. The van der Waals surface area contributed by atoms with Crippen molar-refractivity contribution in [2.75, 3.05) is 20.7 Å². The summed E-state index contributed by atoms with van der Waals surface area (Å²) in [6.45, 7) is 0.563. The Balaban J connectivity index is 2.44. The Kier molecular flexibility index (Phi) is 3.85. The minimum absolute atomic E-state index is 0.563. The number of hydrogen-bond acceptors (Lipinski definition) is 4. The molecule has 5 nitrogen and oxygen atoms in total. The molecule has 2 aromatic rings. The van der Waals surface area contributed by atoms with Crippen LogP contribution in [-0.4, -0.2) is 38.3 Å². The van der Waals surface area contributed by atoms with Gasteiger partial charge in [-0.1, -0.05) is 0 Å². The smallest absolute Gasteiger partial charge is 0.209 e. The van der Waals surface area contributed by atoms with Crippen molar-refractivity contribution in [1.82, 2.24) is 4.90 Å². The number of amides is 1. The first-order chi connectivity index (χ1) is 9.21. The number of carbonyl (C=O) groups excluding carboxylic acids is 2. The molecule has 0 aliphatic rings. The molecule has 0 N–H and O–H groups in total. The molecule has 0 spiro atoms. The fourth-order valence-corrected chi connectivity index (χ4v) is 2.01. The number of methoxy groups -OCH3 is 1. The monoisotopic (exact) mass is 261 g/mol. The molecule has 0 saturated heterocycles. The molecule has 100 valence electrons. The Bertz CT molecular complexity index is 603. The van der Waals surface area contributed by atoms with Crippen LogP contribution in [0.5, 0.6) is 5.75 Å². The van der Waals surface area contributed by atoms with Gasteiger partial charge >= 0.3 is 0 Å². The minimum atomic E-state index is 0.563. The zero-order valence-corrected chi connectivity index (χ0v) is 10.9. The number of aldehydes is 1. The summed E-state index contributed by atoms with van der Waals surface area (Å²) in [6, 6.07) is 3.41. The van der Waals surface area contributed by atoms with Crippen molar-refractivity contribution in [2.45, 2.75) is 6.42 Å². The predicted octanol–water partition coefficient (Wildman–Crippen LogP) is 1.88. The summed E-state index contributed by atoms with van der Waals surface area (Å²) in [5.41, 5.74) is 2.02. The van der Waals surface area contributed by atoms with Gasteiger partial charge in [0.05, 0.1) is 13.4 Å². The molecule has 0 atom stereocenters. The largest absolute Gasteiger partial charge is 0.493 e. The molecule has 5 heteroatoms. The van der Waals surface area contributed by atoms with Gasteiger partial charge in [-0.25, -0.2) is 0 Å². The average molecular weight is 261 g/mol. The van der Waals surface area contributed by atoms with E-state index in [0.717, 1.165) is 23.6 Å². The Hall–Kier alpha value is -2.30. The van der Waals surface area contributed by atoms with Gasteiger partial charge in [0.15, 0.2) is 17.6 Å². The zero-order valence-electron chi connectivity index (χ0n) is 10.9. The maximum absolute atomic E-state index is 11.1. The molecule has 1 aromatic carbocycles. The number of ether oxygens (including phenoxy) is 1. The second-order valence-corrected chi connectivity index (χ2v) is 4.28. The lowest BCUT2D eigenvalue weighted by Crippen LogP contribution is -2.18. The first kappa shape index (κ1) is 13.1. The van der Waals surface area contributed by atoms with E-state index >= 15 is 0 Å². The van der Waals surface area contributed by atoms with E-state index < -0.39 is 0 Å². The van der Waals surface area contributed by atoms with Crippen LogP contribution in [0.15, 0.2) is 22.8 Å². The molecule has 1 amide bonds. The molecule has 19 heavy (non-hydrogen) atoms. The normalized spacial score (nSPS) is 10.4. The molecule has 2 rings (SSSR count). The number of carbonyl (C=O) groups is 2. The number of hydrogen-bond donors (Lipinski definition) is 0. The van der Waals surface area contributed by atoms with E-state index in [4.69, 9.17) is 9.15 Å². The van der Waals surface area contributed by atoms with E-state index in [1.165, 1.54) is 0 Å². The Labute approximate surface area is 110 Å². The number of likely N-dealkylation sites (N-methyl/N-ethyl adjacent to an activating group) is 1. The summed E-state index contributed by atoms with van der Waals surface area (Å²) in [7, 11) is 3.26. The number of benzene rings is 1. The second-order valence-electron chi connectivity index (χ2n) is 4.28. The third-order valence-corrected chi connectivity index (χ3v) is 3.05. The van der Waals surface area contributed by atoms with Gasteiger partial charge in [-0.3, -0.25) is 9.59 Å². The number of fused-ring (bicyclic) bond motifs is 1. The summed E-state index contributed by atoms with van der Waals surface area (Å²) in [4.78, 5) is 23.2. The van der Waals surface area contributed by atoms with E-state index in [1.54, 1.807) is 37.5 Å². The highest BCUT2D eigenvalue weighted by Gasteiger charge is 2.14. The Morgan fingerprint density at radius 3 is 2.79 bits per heavy atom. The maximum atomic E-state index is 11.1. The Morgan fingerprint density at radius 2 is 2.16 bits per heavy atom. The molecular formula is C14H15NO4. The molecular weight excluding hydrogens is 246 g/mol. The van der Waals surface area contributed by atoms with Crippen molar-refractivity contribution < 1.29 is 18.7 Å². The van der Waals surface area contributed by atoms with Crippen molar-refractivity contribution in [2.24, 2.45) is 0 Å². The van der Waals surface area contributed by atoms with Crippen molar-refractivity contribution in [3.8, 4) is 5.75 Å². The maximum Gasteiger partial charge on any atom is 0.209 e. The third-order valence-electron chi connectivity index (χ3n) is 3.05. The highest BCUT2D eigenvalue weighted by molar-refractivity contribution is 6.00. The number of furan rings is 1. The molecule has 0 bridgehead atoms. The van der Waals surface area contributed by atoms with Crippen LogP contribution in [-0.2, 0) is 11.2 Å². The van der Waals surface area contributed by atoms with Crippen LogP contribution in [0.25, 0.3) is 11.0 Å². The quantitative estimate of drug-likeness (QED) is 0.745. The second kappa shape index (κ2) is 5.56. The van der Waals surface area contributed by atoms with E-state index in [9.17, 15) is 9.59 Å². The first-order valence-corrected chi connectivity index (χ1v) is 5.89. The molecule has 0 aliphatic carbocycles. The van der Waals surface area contributed by atoms with Crippen LogP contribution in [0.1, 0.15) is 15.9 Å². The number of rotatable bonds is 6. The molecule has 0 aliphatic heterocycles. The predicted molar refractivity (Wildman–Crippen MR) is 70.6 cm³/mol. The van der Waals surface area contributed by atoms with Gasteiger partial charge in [0.1, 0.15) is 0 Å². The van der Waals surface area contributed by atoms with E-state index in [2.05, 4.69) is 0 Å². The van der Waals surface area contributed by atoms with Crippen LogP contribution in [0.4, 0.5) is 0 Å². The highest BCUT2D eigenvalue weighted by atomic mass is 16.5. The average Bonchev–Trinajstić information content (AvgIpc) is 2.87. The van der Waals surface area contributed by atoms with Gasteiger partial charge < -0.3 is 14.1 Å². The topological polar surface area (TPSA) is 59.8 Å². The van der Waals surface area contributed by atoms with Gasteiger partial charge in [-0.2, -0.15) is 0 Å². The van der Waals surface area contributed by atoms with Gasteiger partial charge in [0, 0.05) is 30.1 Å². The summed E-state index contributed by atoms with van der Waals surface area (Å²) >= 11 is 0. The fraction of sp³-hybridized carbons (Fsp3) is 0.286. The van der Waals surface area contributed by atoms with Crippen molar-refractivity contribution in [1.29, 1.82) is 0 Å². The van der Waals surface area contributed by atoms with Gasteiger partial charge in [0.25, 0.3) is 0 Å². The molecule has 1 aromatic heterocycles. The van der Waals surface area contributed by atoms with Crippen LogP contribution >= 0.6 is 0 Å². The van der Waals surface area contributed by atoms with E-state index in [0.29, 0.717) is 29.9 Å². The molecule has 0 unspecified atom stereocenters. The van der Waals surface area contributed by atoms with Crippen LogP contribution < -0.4 is 4.74 Å². The lowest BCUT2D eigenvalue weighted by molar-refractivity contribution is -0.116. The minimum Gasteiger partial charge on any atom is -0.493 e. The first-order valence-electron chi connectivity index (χ1n) is 5.89. The molecule has 0 radical (unpaired) electrons. The fourth-order valence-electron chi connectivity index (χ4n) is 2.01. The van der Waals surface area contributed by atoms with Crippen molar-refractivity contribution >= 4 is 23.7 Å². The standard InChI is InChI=1S/C14H15NO4/c1-15(9-17)6-5-11-8-19-14-12(18-2)4-3-10(7-16)13(11)14/h3-4,7-9H,5-6H2,1-2H3. The molecule has 1 heterocycles. The number of nitrogens with zero attached hydrogens (tertiary/aromatic N) is 1. The van der Waals surface area contributed by atoms with Gasteiger partial charge in [-0.05, 0) is 18.6 Å². The molecule has 0 saturated carbocycles. The zero-order chi connectivity index (χ0) is 13.8. The van der Waals surface area contributed by atoms with Crippen LogP contribution in [0, 0.1) is 0 Å². The third kappa shape index (κ3) is 2.45. The summed E-state index contributed by atoms with van der Waals surface area (Å²) in [5, 5.41) is 0.758.